The molecule has 0 saturated carbocycles. The number of nitro groups is 1. The van der Waals surface area contributed by atoms with Crippen LogP contribution in [-0.4, -0.2) is 9.91 Å². The Morgan fingerprint density at radius 1 is 1.24 bits per heavy atom. The fraction of sp³-hybridized carbons (Fsp3) is 0.154. The van der Waals surface area contributed by atoms with Crippen molar-refractivity contribution < 1.29 is 4.92 Å². The molecule has 1 aromatic carbocycles. The standard InChI is InChI=1S/C13H12N2O2/c1-2-10-9-14-8-7-13(10)11-3-5-12(6-4-11)15(16)17/h3-9H,2H2,1H3. The molecular formula is C13H12N2O2. The first kappa shape index (κ1) is 11.3. The number of hydrogen-bond acceptors (Lipinski definition) is 3. The lowest BCUT2D eigenvalue weighted by molar-refractivity contribution is -0.384. The number of hydrogen-bond donors (Lipinski definition) is 0. The lowest BCUT2D eigenvalue weighted by Crippen LogP contribution is -1.90. The molecule has 4 nitrogen and oxygen atoms in total. The van der Waals surface area contributed by atoms with Crippen molar-refractivity contribution in [1.82, 2.24) is 4.98 Å². The van der Waals surface area contributed by atoms with Crippen LogP contribution in [-0.2, 0) is 6.42 Å². The largest absolute Gasteiger partial charge is 0.269 e. The summed E-state index contributed by atoms with van der Waals surface area (Å²) in [5, 5.41) is 10.6. The number of nitrogens with zero attached hydrogens (tertiary/aromatic N) is 2. The minimum atomic E-state index is -0.392. The third-order valence-electron chi connectivity index (χ3n) is 2.67. The van der Waals surface area contributed by atoms with Crippen molar-refractivity contribution in [3.63, 3.8) is 0 Å². The van der Waals surface area contributed by atoms with E-state index in [-0.39, 0.29) is 5.69 Å². The maximum Gasteiger partial charge on any atom is 0.269 e. The van der Waals surface area contributed by atoms with Gasteiger partial charge in [0.25, 0.3) is 5.69 Å². The Morgan fingerprint density at radius 2 is 1.94 bits per heavy atom. The third kappa shape index (κ3) is 2.30. The monoisotopic (exact) mass is 228 g/mol. The Hall–Kier alpha value is -2.23. The van der Waals surface area contributed by atoms with Gasteiger partial charge in [0.15, 0.2) is 0 Å². The van der Waals surface area contributed by atoms with Crippen LogP contribution in [0.15, 0.2) is 42.7 Å². The minimum Gasteiger partial charge on any atom is -0.264 e. The van der Waals surface area contributed by atoms with Crippen LogP contribution in [0.5, 0.6) is 0 Å². The van der Waals surface area contributed by atoms with E-state index in [0.29, 0.717) is 0 Å². The molecule has 1 heterocycles. The van der Waals surface area contributed by atoms with Gasteiger partial charge in [0.05, 0.1) is 4.92 Å². The van der Waals surface area contributed by atoms with Gasteiger partial charge in [-0.2, -0.15) is 0 Å². The van der Waals surface area contributed by atoms with Crippen LogP contribution in [0.2, 0.25) is 0 Å². The van der Waals surface area contributed by atoms with E-state index in [1.54, 1.807) is 18.3 Å². The van der Waals surface area contributed by atoms with Crippen LogP contribution in [0.1, 0.15) is 12.5 Å². The molecule has 0 aliphatic heterocycles. The van der Waals surface area contributed by atoms with Crippen LogP contribution >= 0.6 is 0 Å². The first-order valence-electron chi connectivity index (χ1n) is 5.40. The van der Waals surface area contributed by atoms with Crippen LogP contribution in [0.4, 0.5) is 5.69 Å². The summed E-state index contributed by atoms with van der Waals surface area (Å²) in [7, 11) is 0. The summed E-state index contributed by atoms with van der Waals surface area (Å²) >= 11 is 0. The third-order valence-corrected chi connectivity index (χ3v) is 2.67. The zero-order valence-electron chi connectivity index (χ0n) is 9.46. The molecule has 0 spiro atoms. The van der Waals surface area contributed by atoms with Gasteiger partial charge < -0.3 is 0 Å². The van der Waals surface area contributed by atoms with Gasteiger partial charge in [-0.3, -0.25) is 15.1 Å². The topological polar surface area (TPSA) is 56.0 Å². The highest BCUT2D eigenvalue weighted by molar-refractivity contribution is 5.67. The van der Waals surface area contributed by atoms with E-state index >= 15 is 0 Å². The number of pyridine rings is 1. The van der Waals surface area contributed by atoms with Gasteiger partial charge in [0.1, 0.15) is 0 Å². The van der Waals surface area contributed by atoms with Gasteiger partial charge in [-0.1, -0.05) is 6.92 Å². The van der Waals surface area contributed by atoms with Crippen molar-refractivity contribution >= 4 is 5.69 Å². The predicted octanol–water partition coefficient (Wildman–Crippen LogP) is 3.22. The molecule has 0 N–H and O–H groups in total. The van der Waals surface area contributed by atoms with Crippen LogP contribution in [0.25, 0.3) is 11.1 Å². The summed E-state index contributed by atoms with van der Waals surface area (Å²) in [5.74, 6) is 0. The molecule has 0 radical (unpaired) electrons. The van der Waals surface area contributed by atoms with Crippen molar-refractivity contribution in [1.29, 1.82) is 0 Å². The Balaban J connectivity index is 2.43. The highest BCUT2D eigenvalue weighted by atomic mass is 16.6. The van der Waals surface area contributed by atoms with Gasteiger partial charge >= 0.3 is 0 Å². The van der Waals surface area contributed by atoms with Crippen LogP contribution < -0.4 is 0 Å². The first-order valence-corrected chi connectivity index (χ1v) is 5.40. The molecule has 0 aliphatic carbocycles. The molecule has 0 fully saturated rings. The van der Waals surface area contributed by atoms with E-state index in [0.717, 1.165) is 23.1 Å². The van der Waals surface area contributed by atoms with Crippen molar-refractivity contribution in [2.75, 3.05) is 0 Å². The normalized spacial score (nSPS) is 10.2. The molecule has 0 bridgehead atoms. The van der Waals surface area contributed by atoms with E-state index in [2.05, 4.69) is 11.9 Å². The van der Waals surface area contributed by atoms with Crippen LogP contribution in [0.3, 0.4) is 0 Å². The summed E-state index contributed by atoms with van der Waals surface area (Å²) in [4.78, 5) is 14.3. The lowest BCUT2D eigenvalue weighted by atomic mass is 10.0. The zero-order valence-corrected chi connectivity index (χ0v) is 9.46. The summed E-state index contributed by atoms with van der Waals surface area (Å²) in [6.45, 7) is 2.06. The fourth-order valence-electron chi connectivity index (χ4n) is 1.75. The highest BCUT2D eigenvalue weighted by Gasteiger charge is 2.07. The molecule has 4 heteroatoms. The molecule has 0 saturated heterocycles. The van der Waals surface area contributed by atoms with E-state index in [1.807, 2.05) is 12.3 Å². The summed E-state index contributed by atoms with van der Waals surface area (Å²) in [5.41, 5.74) is 3.31. The van der Waals surface area contributed by atoms with E-state index in [4.69, 9.17) is 0 Å². The Bertz CT molecular complexity index is 535. The molecule has 0 atom stereocenters. The number of aryl methyl sites for hydroxylation is 1. The van der Waals surface area contributed by atoms with Gasteiger partial charge in [-0.05, 0) is 41.3 Å². The molecular weight excluding hydrogens is 216 g/mol. The summed E-state index contributed by atoms with van der Waals surface area (Å²) in [6, 6.07) is 8.52. The average Bonchev–Trinajstić information content (AvgIpc) is 2.39. The van der Waals surface area contributed by atoms with Crippen LogP contribution in [0, 0.1) is 10.1 Å². The molecule has 1 aromatic heterocycles. The van der Waals surface area contributed by atoms with Gasteiger partial charge in [-0.15, -0.1) is 0 Å². The quantitative estimate of drug-likeness (QED) is 0.598. The van der Waals surface area contributed by atoms with Crippen molar-refractivity contribution in [3.8, 4) is 11.1 Å². The van der Waals surface area contributed by atoms with Crippen molar-refractivity contribution in [2.45, 2.75) is 13.3 Å². The van der Waals surface area contributed by atoms with E-state index < -0.39 is 4.92 Å². The number of non-ortho nitro benzene ring substituents is 1. The Labute approximate surface area is 99.1 Å². The molecule has 2 rings (SSSR count). The molecule has 86 valence electrons. The fourth-order valence-corrected chi connectivity index (χ4v) is 1.75. The SMILES string of the molecule is CCc1cnccc1-c1ccc([N+](=O)[O-])cc1. The first-order chi connectivity index (χ1) is 8.22. The smallest absolute Gasteiger partial charge is 0.264 e. The Kier molecular flexibility index (Phi) is 3.14. The highest BCUT2D eigenvalue weighted by Crippen LogP contribution is 2.25. The maximum absolute atomic E-state index is 10.6. The maximum atomic E-state index is 10.6. The van der Waals surface area contributed by atoms with Crippen molar-refractivity contribution in [2.24, 2.45) is 0 Å². The number of nitro benzene ring substituents is 1. The average molecular weight is 228 g/mol. The molecule has 0 aliphatic rings. The zero-order chi connectivity index (χ0) is 12.3. The molecule has 2 aromatic rings. The van der Waals surface area contributed by atoms with E-state index in [1.165, 1.54) is 12.1 Å². The second-order valence-corrected chi connectivity index (χ2v) is 3.69. The van der Waals surface area contributed by atoms with E-state index in [9.17, 15) is 10.1 Å². The predicted molar refractivity (Wildman–Crippen MR) is 65.7 cm³/mol. The Morgan fingerprint density at radius 3 is 2.53 bits per heavy atom. The second-order valence-electron chi connectivity index (χ2n) is 3.69. The number of aromatic nitrogens is 1. The summed E-state index contributed by atoms with van der Waals surface area (Å²) < 4.78 is 0. The van der Waals surface area contributed by atoms with Gasteiger partial charge in [0, 0.05) is 24.5 Å². The number of rotatable bonds is 3. The summed E-state index contributed by atoms with van der Waals surface area (Å²) in [6.07, 6.45) is 4.45. The molecule has 17 heavy (non-hydrogen) atoms. The van der Waals surface area contributed by atoms with Gasteiger partial charge in [-0.25, -0.2) is 0 Å². The minimum absolute atomic E-state index is 0.112. The molecule has 0 unspecified atom stereocenters. The van der Waals surface area contributed by atoms with Crippen molar-refractivity contribution in [3.05, 3.63) is 58.4 Å². The second kappa shape index (κ2) is 4.74. The lowest BCUT2D eigenvalue weighted by Gasteiger charge is -2.06. The number of benzene rings is 1. The molecule has 0 amide bonds. The van der Waals surface area contributed by atoms with Gasteiger partial charge in [0.2, 0.25) is 0 Å².